The van der Waals surface area contributed by atoms with Crippen molar-refractivity contribution in [2.24, 2.45) is 0 Å². The fraction of sp³-hybridized carbons (Fsp3) is 0.286. The Labute approximate surface area is 163 Å². The predicted molar refractivity (Wildman–Crippen MR) is 107 cm³/mol. The number of esters is 1. The Morgan fingerprint density at radius 2 is 1.44 bits per heavy atom. The Hall–Kier alpha value is -1.31. The molecule has 0 atom stereocenters. The molecular formula is C21H24O2Se2. The molecule has 0 N–H and O–H groups in total. The van der Waals surface area contributed by atoms with Crippen LogP contribution in [-0.4, -0.2) is 43.0 Å². The molecule has 0 aromatic heterocycles. The molecule has 0 heterocycles. The minimum atomic E-state index is -0.159. The van der Waals surface area contributed by atoms with Gasteiger partial charge in [-0.05, 0) is 0 Å². The van der Waals surface area contributed by atoms with Crippen molar-refractivity contribution in [1.82, 2.24) is 0 Å². The first-order valence-corrected chi connectivity index (χ1v) is 11.9. The molecule has 0 aliphatic rings. The summed E-state index contributed by atoms with van der Waals surface area (Å²) in [7, 11) is 1.49. The van der Waals surface area contributed by atoms with Crippen LogP contribution in [0.15, 0.2) is 69.6 Å². The van der Waals surface area contributed by atoms with Crippen LogP contribution in [0.2, 0.25) is 0 Å². The molecule has 25 heavy (non-hydrogen) atoms. The molecule has 0 unspecified atom stereocenters. The standard InChI is InChI=1S/C21H24O2Se2/c1-3-4-7-16-19(24-17-12-8-5-9-13-17)20(21(22)23-2)25-18-14-10-6-11-15-18/h5-6,8-15H,3-4,7,16H2,1-2H3. The van der Waals surface area contributed by atoms with E-state index >= 15 is 0 Å². The van der Waals surface area contributed by atoms with Crippen LogP contribution in [0, 0.1) is 0 Å². The van der Waals surface area contributed by atoms with E-state index in [1.807, 2.05) is 24.3 Å². The molecule has 2 rings (SSSR count). The summed E-state index contributed by atoms with van der Waals surface area (Å²) >= 11 is 0.140. The first-order chi connectivity index (χ1) is 12.2. The van der Waals surface area contributed by atoms with Gasteiger partial charge in [0.1, 0.15) is 0 Å². The van der Waals surface area contributed by atoms with Gasteiger partial charge < -0.3 is 0 Å². The van der Waals surface area contributed by atoms with Crippen molar-refractivity contribution in [3.05, 3.63) is 69.6 Å². The Kier molecular flexibility index (Phi) is 9.07. The molecule has 0 saturated carbocycles. The molecule has 0 aliphatic heterocycles. The number of ether oxygens (including phenoxy) is 1. The van der Waals surface area contributed by atoms with E-state index in [1.165, 1.54) is 33.3 Å². The number of benzene rings is 2. The molecule has 0 spiro atoms. The van der Waals surface area contributed by atoms with Gasteiger partial charge in [-0.25, -0.2) is 0 Å². The molecule has 0 saturated heterocycles. The van der Waals surface area contributed by atoms with Crippen molar-refractivity contribution < 1.29 is 9.53 Å². The molecule has 2 nitrogen and oxygen atoms in total. The minimum absolute atomic E-state index is 0.0214. The Morgan fingerprint density at radius 3 is 1.96 bits per heavy atom. The van der Waals surface area contributed by atoms with E-state index in [0.29, 0.717) is 0 Å². The topological polar surface area (TPSA) is 26.3 Å². The number of allylic oxidation sites excluding steroid dienone is 1. The van der Waals surface area contributed by atoms with Gasteiger partial charge in [0.25, 0.3) is 0 Å². The van der Waals surface area contributed by atoms with Gasteiger partial charge in [-0.2, -0.15) is 0 Å². The van der Waals surface area contributed by atoms with E-state index in [-0.39, 0.29) is 35.9 Å². The number of methoxy groups -OCH3 is 1. The van der Waals surface area contributed by atoms with Gasteiger partial charge in [-0.15, -0.1) is 0 Å². The van der Waals surface area contributed by atoms with E-state index < -0.39 is 0 Å². The molecule has 0 amide bonds. The van der Waals surface area contributed by atoms with Crippen LogP contribution < -0.4 is 8.92 Å². The second-order valence-electron chi connectivity index (χ2n) is 5.53. The van der Waals surface area contributed by atoms with E-state index in [9.17, 15) is 4.79 Å². The Bertz CT molecular complexity index is 682. The third-order valence-electron chi connectivity index (χ3n) is 3.58. The fourth-order valence-corrected chi connectivity index (χ4v) is 7.21. The summed E-state index contributed by atoms with van der Waals surface area (Å²) in [4.78, 5) is 12.5. The van der Waals surface area contributed by atoms with E-state index in [2.05, 4.69) is 43.3 Å². The first-order valence-electron chi connectivity index (χ1n) is 8.52. The fourth-order valence-electron chi connectivity index (χ4n) is 2.29. The van der Waals surface area contributed by atoms with E-state index in [0.717, 1.165) is 17.3 Å². The van der Waals surface area contributed by atoms with Crippen molar-refractivity contribution in [3.63, 3.8) is 0 Å². The van der Waals surface area contributed by atoms with Crippen molar-refractivity contribution in [2.45, 2.75) is 32.6 Å². The number of hydrogen-bond acceptors (Lipinski definition) is 2. The number of carbonyl (C=O) groups excluding carboxylic acids is 1. The van der Waals surface area contributed by atoms with E-state index in [4.69, 9.17) is 4.74 Å². The van der Waals surface area contributed by atoms with Crippen LogP contribution in [0.25, 0.3) is 0 Å². The number of unbranched alkanes of at least 4 members (excludes halogenated alkanes) is 2. The third-order valence-corrected chi connectivity index (χ3v) is 9.03. The second-order valence-corrected chi connectivity index (χ2v) is 10.3. The zero-order valence-electron chi connectivity index (χ0n) is 14.7. The second kappa shape index (κ2) is 11.3. The molecule has 2 aromatic carbocycles. The summed E-state index contributed by atoms with van der Waals surface area (Å²) in [6.07, 6.45) is 4.50. The Balaban J connectivity index is 2.33. The van der Waals surface area contributed by atoms with Gasteiger partial charge in [0.05, 0.1) is 0 Å². The number of hydrogen-bond donors (Lipinski definition) is 0. The van der Waals surface area contributed by atoms with Gasteiger partial charge in [0, 0.05) is 0 Å². The molecule has 0 bridgehead atoms. The van der Waals surface area contributed by atoms with Crippen LogP contribution in [0.3, 0.4) is 0 Å². The zero-order valence-corrected chi connectivity index (χ0v) is 18.2. The van der Waals surface area contributed by atoms with Crippen LogP contribution in [0.5, 0.6) is 0 Å². The van der Waals surface area contributed by atoms with Crippen molar-refractivity contribution in [3.8, 4) is 0 Å². The maximum absolute atomic E-state index is 12.5. The summed E-state index contributed by atoms with van der Waals surface area (Å²) in [5.41, 5.74) is 0. The van der Waals surface area contributed by atoms with Crippen molar-refractivity contribution in [2.75, 3.05) is 7.11 Å². The molecule has 4 heteroatoms. The maximum atomic E-state index is 12.5. The average Bonchev–Trinajstić information content (AvgIpc) is 2.66. The van der Waals surface area contributed by atoms with Crippen LogP contribution in [0.4, 0.5) is 0 Å². The van der Waals surface area contributed by atoms with Gasteiger partial charge in [0.15, 0.2) is 0 Å². The van der Waals surface area contributed by atoms with Crippen LogP contribution >= 0.6 is 0 Å². The zero-order chi connectivity index (χ0) is 17.9. The average molecular weight is 466 g/mol. The molecule has 0 aliphatic carbocycles. The quantitative estimate of drug-likeness (QED) is 0.246. The van der Waals surface area contributed by atoms with Gasteiger partial charge in [0.2, 0.25) is 0 Å². The Morgan fingerprint density at radius 1 is 0.880 bits per heavy atom. The molecule has 0 fully saturated rings. The monoisotopic (exact) mass is 468 g/mol. The predicted octanol–water partition coefficient (Wildman–Crippen LogP) is 3.01. The van der Waals surface area contributed by atoms with Crippen molar-refractivity contribution in [1.29, 1.82) is 0 Å². The first kappa shape index (κ1) is 20.0. The molecular weight excluding hydrogens is 442 g/mol. The summed E-state index contributed by atoms with van der Waals surface area (Å²) in [6, 6.07) is 20.8. The number of rotatable bonds is 9. The van der Waals surface area contributed by atoms with E-state index in [1.54, 1.807) is 0 Å². The van der Waals surface area contributed by atoms with Gasteiger partial charge in [-0.3, -0.25) is 0 Å². The molecule has 2 aromatic rings. The third kappa shape index (κ3) is 6.84. The van der Waals surface area contributed by atoms with Crippen molar-refractivity contribution >= 4 is 44.8 Å². The normalized spacial score (nSPS) is 11.8. The SMILES string of the molecule is CCCCCC([Se]c1ccccc1)=C([Se]c1ccccc1)C(=O)OC. The molecule has 0 radical (unpaired) electrons. The van der Waals surface area contributed by atoms with Crippen LogP contribution in [0.1, 0.15) is 32.6 Å². The van der Waals surface area contributed by atoms with Gasteiger partial charge in [-0.1, -0.05) is 0 Å². The number of carbonyl (C=O) groups is 1. The molecule has 132 valence electrons. The van der Waals surface area contributed by atoms with Gasteiger partial charge >= 0.3 is 164 Å². The summed E-state index contributed by atoms with van der Waals surface area (Å²) in [5, 5.41) is 0. The summed E-state index contributed by atoms with van der Waals surface area (Å²) < 4.78 is 9.86. The summed E-state index contributed by atoms with van der Waals surface area (Å²) in [5.74, 6) is -0.159. The van der Waals surface area contributed by atoms with Crippen LogP contribution in [-0.2, 0) is 9.53 Å². The summed E-state index contributed by atoms with van der Waals surface area (Å²) in [6.45, 7) is 2.21.